The molecule has 3 N–H and O–H groups in total. The van der Waals surface area contributed by atoms with Crippen molar-refractivity contribution in [3.63, 3.8) is 0 Å². The fourth-order valence-corrected chi connectivity index (χ4v) is 3.37. The van der Waals surface area contributed by atoms with E-state index in [2.05, 4.69) is 10.6 Å². The van der Waals surface area contributed by atoms with Crippen molar-refractivity contribution in [1.29, 1.82) is 0 Å². The fraction of sp³-hybridized carbons (Fsp3) is 0.100. The molecule has 8 heteroatoms. The van der Waals surface area contributed by atoms with Gasteiger partial charge in [0.15, 0.2) is 10.9 Å². The van der Waals surface area contributed by atoms with Crippen LogP contribution >= 0.6 is 35.4 Å². The number of phenols is 1. The van der Waals surface area contributed by atoms with Gasteiger partial charge in [0.2, 0.25) is 0 Å². The molecule has 144 valence electrons. The molecule has 2 aromatic carbocycles. The number of aryl methyl sites for hydroxylation is 2. The number of anilines is 1. The minimum Gasteiger partial charge on any atom is -0.505 e. The first-order valence-corrected chi connectivity index (χ1v) is 9.39. The van der Waals surface area contributed by atoms with E-state index in [1.165, 1.54) is 6.07 Å². The maximum Gasteiger partial charge on any atom is 0.293 e. The van der Waals surface area contributed by atoms with Crippen LogP contribution in [0.25, 0.3) is 11.3 Å². The van der Waals surface area contributed by atoms with Gasteiger partial charge in [-0.05, 0) is 73.6 Å². The van der Waals surface area contributed by atoms with Crippen molar-refractivity contribution in [1.82, 2.24) is 5.32 Å². The van der Waals surface area contributed by atoms with E-state index >= 15 is 0 Å². The molecule has 3 rings (SSSR count). The van der Waals surface area contributed by atoms with Crippen LogP contribution in [0, 0.1) is 13.8 Å². The number of hydrogen-bond donors (Lipinski definition) is 3. The van der Waals surface area contributed by atoms with Gasteiger partial charge >= 0.3 is 0 Å². The van der Waals surface area contributed by atoms with Crippen LogP contribution in [0.2, 0.25) is 10.0 Å². The van der Waals surface area contributed by atoms with Gasteiger partial charge in [-0.3, -0.25) is 10.1 Å². The quantitative estimate of drug-likeness (QED) is 0.363. The lowest BCUT2D eigenvalue weighted by Gasteiger charge is -2.12. The minimum absolute atomic E-state index is 0.0350. The van der Waals surface area contributed by atoms with Crippen molar-refractivity contribution < 1.29 is 14.3 Å². The molecule has 0 saturated heterocycles. The second-order valence-electron chi connectivity index (χ2n) is 6.17. The molecule has 0 atom stereocenters. The molecule has 1 heterocycles. The lowest BCUT2D eigenvalue weighted by molar-refractivity contribution is 0.0951. The maximum absolute atomic E-state index is 12.4. The highest BCUT2D eigenvalue weighted by molar-refractivity contribution is 7.80. The monoisotopic (exact) mass is 434 g/mol. The Morgan fingerprint density at radius 2 is 1.86 bits per heavy atom. The van der Waals surface area contributed by atoms with Gasteiger partial charge in [-0.2, -0.15) is 0 Å². The molecule has 0 aliphatic heterocycles. The van der Waals surface area contributed by atoms with Crippen LogP contribution in [0.3, 0.4) is 0 Å². The van der Waals surface area contributed by atoms with Gasteiger partial charge in [0, 0.05) is 10.6 Å². The number of nitrogens with one attached hydrogen (secondary N) is 2. The highest BCUT2D eigenvalue weighted by atomic mass is 35.5. The Hall–Kier alpha value is -2.54. The Kier molecular flexibility index (Phi) is 5.93. The molecule has 0 fully saturated rings. The molecule has 5 nitrogen and oxygen atoms in total. The number of halogens is 2. The molecule has 1 amide bonds. The molecular formula is C20H16Cl2N2O3S. The van der Waals surface area contributed by atoms with Crippen molar-refractivity contribution in [3.8, 4) is 17.1 Å². The van der Waals surface area contributed by atoms with Gasteiger partial charge in [-0.1, -0.05) is 29.3 Å². The highest BCUT2D eigenvalue weighted by Crippen LogP contribution is 2.32. The molecule has 0 aliphatic carbocycles. The average molecular weight is 435 g/mol. The van der Waals surface area contributed by atoms with Crippen LogP contribution in [0.1, 0.15) is 21.7 Å². The number of phenolic OH excluding ortho intramolecular Hbond substituents is 1. The maximum atomic E-state index is 12.4. The number of carbonyl (C=O) groups is 1. The largest absolute Gasteiger partial charge is 0.505 e. The number of rotatable bonds is 3. The molecule has 1 aromatic heterocycles. The summed E-state index contributed by atoms with van der Waals surface area (Å²) < 4.78 is 5.59. The van der Waals surface area contributed by atoms with Gasteiger partial charge in [-0.25, -0.2) is 0 Å². The van der Waals surface area contributed by atoms with Crippen molar-refractivity contribution in [2.75, 3.05) is 5.32 Å². The van der Waals surface area contributed by atoms with E-state index in [1.807, 2.05) is 13.0 Å². The summed E-state index contributed by atoms with van der Waals surface area (Å²) in [4.78, 5) is 12.4. The normalized spacial score (nSPS) is 10.6. The SMILES string of the molecule is Cc1cc(C)c(O)c(NC(=S)NC(=O)c2ccc(-c3ccc(Cl)cc3Cl)o2)c1. The topological polar surface area (TPSA) is 74.5 Å². The van der Waals surface area contributed by atoms with E-state index in [-0.39, 0.29) is 16.6 Å². The number of thiocarbonyl (C=S) groups is 1. The molecule has 0 radical (unpaired) electrons. The van der Waals surface area contributed by atoms with Crippen LogP contribution in [0.5, 0.6) is 5.75 Å². The first-order chi connectivity index (χ1) is 13.2. The molecule has 0 aliphatic rings. The van der Waals surface area contributed by atoms with Crippen LogP contribution < -0.4 is 10.6 Å². The van der Waals surface area contributed by atoms with Crippen LogP contribution in [0.15, 0.2) is 46.9 Å². The molecule has 28 heavy (non-hydrogen) atoms. The van der Waals surface area contributed by atoms with E-state index in [9.17, 15) is 9.90 Å². The number of amides is 1. The van der Waals surface area contributed by atoms with Gasteiger partial charge in [0.1, 0.15) is 11.5 Å². The summed E-state index contributed by atoms with van der Waals surface area (Å²) >= 11 is 17.2. The first kappa shape index (κ1) is 20.2. The minimum atomic E-state index is -0.530. The second-order valence-corrected chi connectivity index (χ2v) is 7.43. The van der Waals surface area contributed by atoms with Gasteiger partial charge in [-0.15, -0.1) is 0 Å². The van der Waals surface area contributed by atoms with Gasteiger partial charge < -0.3 is 14.8 Å². The van der Waals surface area contributed by atoms with Crippen molar-refractivity contribution in [3.05, 3.63) is 69.4 Å². The highest BCUT2D eigenvalue weighted by Gasteiger charge is 2.16. The zero-order valence-electron chi connectivity index (χ0n) is 15.0. The average Bonchev–Trinajstić information content (AvgIpc) is 3.09. The summed E-state index contributed by atoms with van der Waals surface area (Å²) in [5, 5.41) is 16.4. The third-order valence-corrected chi connectivity index (χ3v) is 4.70. The lowest BCUT2D eigenvalue weighted by Crippen LogP contribution is -2.33. The Labute approximate surface area is 177 Å². The number of carbonyl (C=O) groups excluding carboxylic acids is 1. The van der Waals surface area contributed by atoms with Crippen LogP contribution in [0.4, 0.5) is 5.69 Å². The third kappa shape index (κ3) is 4.47. The summed E-state index contributed by atoms with van der Waals surface area (Å²) in [6.07, 6.45) is 0. The van der Waals surface area contributed by atoms with E-state index < -0.39 is 5.91 Å². The smallest absolute Gasteiger partial charge is 0.293 e. The standard InChI is InChI=1S/C20H16Cl2N2O3S/c1-10-7-11(2)18(25)15(8-10)23-20(28)24-19(26)17-6-5-16(27-17)13-4-3-12(21)9-14(13)22/h3-9,25H,1-2H3,(H2,23,24,26,28). The lowest BCUT2D eigenvalue weighted by atomic mass is 10.1. The molecule has 3 aromatic rings. The number of hydrogen-bond acceptors (Lipinski definition) is 4. The molecule has 0 spiro atoms. The predicted octanol–water partition coefficient (Wildman–Crippen LogP) is 5.70. The summed E-state index contributed by atoms with van der Waals surface area (Å²) in [6.45, 7) is 3.67. The van der Waals surface area contributed by atoms with Gasteiger partial charge in [0.05, 0.1) is 10.7 Å². The van der Waals surface area contributed by atoms with E-state index in [1.54, 1.807) is 37.3 Å². The Morgan fingerprint density at radius 1 is 1.11 bits per heavy atom. The summed E-state index contributed by atoms with van der Waals surface area (Å²) in [5.74, 6) is 0.0324. The summed E-state index contributed by atoms with van der Waals surface area (Å²) in [7, 11) is 0. The van der Waals surface area contributed by atoms with E-state index in [4.69, 9.17) is 39.8 Å². The van der Waals surface area contributed by atoms with Crippen LogP contribution in [-0.4, -0.2) is 16.1 Å². The Bertz CT molecular complexity index is 1080. The number of aromatic hydroxyl groups is 1. The zero-order valence-corrected chi connectivity index (χ0v) is 17.3. The predicted molar refractivity (Wildman–Crippen MR) is 115 cm³/mol. The summed E-state index contributed by atoms with van der Waals surface area (Å²) in [6, 6.07) is 11.7. The molecular weight excluding hydrogens is 419 g/mol. The zero-order chi connectivity index (χ0) is 20.4. The Balaban J connectivity index is 1.72. The fourth-order valence-electron chi connectivity index (χ4n) is 2.67. The van der Waals surface area contributed by atoms with Gasteiger partial charge in [0.25, 0.3) is 5.91 Å². The second kappa shape index (κ2) is 8.22. The van der Waals surface area contributed by atoms with E-state index in [0.717, 1.165) is 5.56 Å². The van der Waals surface area contributed by atoms with Crippen molar-refractivity contribution in [2.24, 2.45) is 0 Å². The number of benzene rings is 2. The third-order valence-electron chi connectivity index (χ3n) is 3.95. The van der Waals surface area contributed by atoms with E-state index in [0.29, 0.717) is 32.6 Å². The molecule has 0 bridgehead atoms. The van der Waals surface area contributed by atoms with Crippen molar-refractivity contribution in [2.45, 2.75) is 13.8 Å². The Morgan fingerprint density at radius 3 is 2.57 bits per heavy atom. The first-order valence-electron chi connectivity index (χ1n) is 8.22. The molecule has 0 saturated carbocycles. The molecule has 0 unspecified atom stereocenters. The number of furan rings is 1. The summed E-state index contributed by atoms with van der Waals surface area (Å²) in [5.41, 5.74) is 2.68. The van der Waals surface area contributed by atoms with Crippen molar-refractivity contribution >= 4 is 52.1 Å². The van der Waals surface area contributed by atoms with Crippen LogP contribution in [-0.2, 0) is 0 Å².